The van der Waals surface area contributed by atoms with Crippen LogP contribution in [0.15, 0.2) is 24.3 Å². The van der Waals surface area contributed by atoms with E-state index in [0.29, 0.717) is 6.04 Å². The van der Waals surface area contributed by atoms with Crippen molar-refractivity contribution in [2.24, 2.45) is 5.92 Å². The molecule has 0 radical (unpaired) electrons. The molecule has 0 amide bonds. The Balaban J connectivity index is 1.91. The van der Waals surface area contributed by atoms with E-state index in [1.54, 1.807) is 7.11 Å². The maximum absolute atomic E-state index is 5.26. The van der Waals surface area contributed by atoms with Gasteiger partial charge in [0, 0.05) is 6.04 Å². The second-order valence-corrected chi connectivity index (χ2v) is 6.36. The lowest BCUT2D eigenvalue weighted by Crippen LogP contribution is -2.23. The monoisotopic (exact) mass is 289 g/mol. The lowest BCUT2D eigenvalue weighted by Gasteiger charge is -2.25. The van der Waals surface area contributed by atoms with Crippen LogP contribution in [0.5, 0.6) is 5.75 Å². The molecule has 1 aliphatic rings. The highest BCUT2D eigenvalue weighted by Crippen LogP contribution is 2.30. The van der Waals surface area contributed by atoms with E-state index in [1.807, 2.05) is 0 Å². The molecular weight excluding hydrogens is 258 g/mol. The third-order valence-electron chi connectivity index (χ3n) is 4.75. The molecule has 1 atom stereocenters. The number of nitrogens with one attached hydrogen (secondary N) is 1. The van der Waals surface area contributed by atoms with Crippen molar-refractivity contribution in [3.05, 3.63) is 29.8 Å². The largest absolute Gasteiger partial charge is 0.497 e. The Labute approximate surface area is 130 Å². The molecular formula is C19H31NO. The Kier molecular flexibility index (Phi) is 7.08. The maximum atomic E-state index is 5.26. The molecule has 118 valence electrons. The number of hydrogen-bond donors (Lipinski definition) is 1. The normalized spacial score (nSPS) is 17.6. The highest BCUT2D eigenvalue weighted by molar-refractivity contribution is 5.29. The van der Waals surface area contributed by atoms with Crippen molar-refractivity contribution in [3.8, 4) is 5.75 Å². The van der Waals surface area contributed by atoms with Gasteiger partial charge in [0.25, 0.3) is 0 Å². The Morgan fingerprint density at radius 2 is 1.86 bits per heavy atom. The van der Waals surface area contributed by atoms with Gasteiger partial charge in [-0.1, -0.05) is 51.2 Å². The van der Waals surface area contributed by atoms with Crippen molar-refractivity contribution in [1.82, 2.24) is 5.32 Å². The van der Waals surface area contributed by atoms with Gasteiger partial charge in [-0.25, -0.2) is 0 Å². The van der Waals surface area contributed by atoms with Crippen LogP contribution in [0.25, 0.3) is 0 Å². The van der Waals surface area contributed by atoms with E-state index in [1.165, 1.54) is 56.9 Å². The molecule has 0 heterocycles. The van der Waals surface area contributed by atoms with Crippen molar-refractivity contribution in [3.63, 3.8) is 0 Å². The van der Waals surface area contributed by atoms with E-state index in [-0.39, 0.29) is 0 Å². The van der Waals surface area contributed by atoms with Crippen LogP contribution in [-0.2, 0) is 0 Å². The van der Waals surface area contributed by atoms with Gasteiger partial charge < -0.3 is 10.1 Å². The summed E-state index contributed by atoms with van der Waals surface area (Å²) < 4.78 is 5.26. The van der Waals surface area contributed by atoms with Gasteiger partial charge in [0.2, 0.25) is 0 Å². The zero-order valence-electron chi connectivity index (χ0n) is 13.7. The second kappa shape index (κ2) is 9.09. The molecule has 0 aliphatic heterocycles. The zero-order chi connectivity index (χ0) is 14.9. The lowest BCUT2D eigenvalue weighted by molar-refractivity contribution is 0.314. The van der Waals surface area contributed by atoms with Crippen LogP contribution in [0.2, 0.25) is 0 Å². The third-order valence-corrected chi connectivity index (χ3v) is 4.75. The minimum atomic E-state index is 0.498. The van der Waals surface area contributed by atoms with Gasteiger partial charge >= 0.3 is 0 Å². The molecule has 1 saturated carbocycles. The first-order chi connectivity index (χ1) is 10.3. The van der Waals surface area contributed by atoms with Crippen molar-refractivity contribution < 1.29 is 4.74 Å². The van der Waals surface area contributed by atoms with Crippen molar-refractivity contribution in [2.45, 2.75) is 64.3 Å². The first-order valence-corrected chi connectivity index (χ1v) is 8.70. The molecule has 2 nitrogen and oxygen atoms in total. The van der Waals surface area contributed by atoms with Crippen LogP contribution in [0.3, 0.4) is 0 Å². The number of ether oxygens (including phenoxy) is 1. The Hall–Kier alpha value is -1.02. The fourth-order valence-corrected chi connectivity index (χ4v) is 3.42. The quantitative estimate of drug-likeness (QED) is 0.719. The van der Waals surface area contributed by atoms with Gasteiger partial charge in [0.15, 0.2) is 0 Å². The summed E-state index contributed by atoms with van der Waals surface area (Å²) in [7, 11) is 1.73. The van der Waals surface area contributed by atoms with Gasteiger partial charge in [0.1, 0.15) is 5.75 Å². The zero-order valence-corrected chi connectivity index (χ0v) is 13.7. The molecule has 2 rings (SSSR count). The van der Waals surface area contributed by atoms with Crippen molar-refractivity contribution >= 4 is 0 Å². The summed E-state index contributed by atoms with van der Waals surface area (Å²) in [6.45, 7) is 3.33. The number of hydrogen-bond acceptors (Lipinski definition) is 2. The van der Waals surface area contributed by atoms with Crippen LogP contribution in [0, 0.1) is 5.92 Å². The number of rotatable bonds is 8. The lowest BCUT2D eigenvalue weighted by atomic mass is 9.84. The average molecular weight is 289 g/mol. The third kappa shape index (κ3) is 5.35. The van der Waals surface area contributed by atoms with Gasteiger partial charge in [-0.05, 0) is 49.4 Å². The highest BCUT2D eigenvalue weighted by Gasteiger charge is 2.17. The van der Waals surface area contributed by atoms with E-state index in [2.05, 4.69) is 36.5 Å². The number of benzene rings is 1. The predicted molar refractivity (Wildman–Crippen MR) is 89.8 cm³/mol. The minimum absolute atomic E-state index is 0.498. The summed E-state index contributed by atoms with van der Waals surface area (Å²) in [6.07, 6.45) is 11.1. The summed E-state index contributed by atoms with van der Waals surface area (Å²) in [4.78, 5) is 0. The molecule has 21 heavy (non-hydrogen) atoms. The maximum Gasteiger partial charge on any atom is 0.118 e. The molecule has 1 aromatic rings. The standard InChI is InChI=1S/C19H31NO/c1-3-15-20-19(14-9-16-7-5-4-6-8-16)17-10-12-18(21-2)13-11-17/h10-13,16,19-20H,3-9,14-15H2,1-2H3. The van der Waals surface area contributed by atoms with E-state index in [9.17, 15) is 0 Å². The molecule has 1 fully saturated rings. The summed E-state index contributed by atoms with van der Waals surface area (Å²) in [5, 5.41) is 3.72. The van der Waals surface area contributed by atoms with Crippen molar-refractivity contribution in [1.29, 1.82) is 0 Å². The fourth-order valence-electron chi connectivity index (χ4n) is 3.42. The highest BCUT2D eigenvalue weighted by atomic mass is 16.5. The molecule has 0 spiro atoms. The molecule has 0 bridgehead atoms. The van der Waals surface area contributed by atoms with Crippen LogP contribution in [0.1, 0.15) is 69.9 Å². The van der Waals surface area contributed by atoms with Gasteiger partial charge in [-0.15, -0.1) is 0 Å². The minimum Gasteiger partial charge on any atom is -0.497 e. The second-order valence-electron chi connectivity index (χ2n) is 6.36. The summed E-state index contributed by atoms with van der Waals surface area (Å²) in [5.74, 6) is 1.91. The molecule has 1 aliphatic carbocycles. The molecule has 1 aromatic carbocycles. The summed E-state index contributed by atoms with van der Waals surface area (Å²) >= 11 is 0. The van der Waals surface area contributed by atoms with E-state index >= 15 is 0 Å². The van der Waals surface area contributed by atoms with Gasteiger partial charge in [-0.3, -0.25) is 0 Å². The van der Waals surface area contributed by atoms with Gasteiger partial charge in [0.05, 0.1) is 7.11 Å². The first kappa shape index (κ1) is 16.4. The molecule has 1 unspecified atom stereocenters. The average Bonchev–Trinajstić information content (AvgIpc) is 2.56. The molecule has 2 heteroatoms. The van der Waals surface area contributed by atoms with Crippen LogP contribution >= 0.6 is 0 Å². The Bertz CT molecular complexity index is 381. The topological polar surface area (TPSA) is 21.3 Å². The van der Waals surface area contributed by atoms with Crippen LogP contribution in [0.4, 0.5) is 0 Å². The van der Waals surface area contributed by atoms with Crippen LogP contribution in [-0.4, -0.2) is 13.7 Å². The van der Waals surface area contributed by atoms with E-state index in [0.717, 1.165) is 18.2 Å². The first-order valence-electron chi connectivity index (χ1n) is 8.70. The van der Waals surface area contributed by atoms with E-state index in [4.69, 9.17) is 4.74 Å². The molecule has 0 saturated heterocycles. The van der Waals surface area contributed by atoms with Crippen LogP contribution < -0.4 is 10.1 Å². The summed E-state index contributed by atoms with van der Waals surface area (Å²) in [5.41, 5.74) is 1.40. The van der Waals surface area contributed by atoms with Gasteiger partial charge in [-0.2, -0.15) is 0 Å². The number of methoxy groups -OCH3 is 1. The molecule has 1 N–H and O–H groups in total. The molecule has 0 aromatic heterocycles. The Morgan fingerprint density at radius 1 is 1.14 bits per heavy atom. The predicted octanol–water partition coefficient (Wildman–Crippen LogP) is 5.10. The SMILES string of the molecule is CCCNC(CCC1CCCCC1)c1ccc(OC)cc1. The smallest absolute Gasteiger partial charge is 0.118 e. The van der Waals surface area contributed by atoms with E-state index < -0.39 is 0 Å². The van der Waals surface area contributed by atoms with Crippen molar-refractivity contribution in [2.75, 3.05) is 13.7 Å². The Morgan fingerprint density at radius 3 is 2.48 bits per heavy atom. The summed E-state index contributed by atoms with van der Waals surface area (Å²) in [6, 6.07) is 9.09. The fraction of sp³-hybridized carbons (Fsp3) is 0.684.